The van der Waals surface area contributed by atoms with Crippen LogP contribution in [-0.2, 0) is 12.8 Å². The minimum absolute atomic E-state index is 0.137. The van der Waals surface area contributed by atoms with Crippen LogP contribution in [0, 0.1) is 6.92 Å². The van der Waals surface area contributed by atoms with Gasteiger partial charge in [-0.05, 0) is 49.1 Å². The highest BCUT2D eigenvalue weighted by Crippen LogP contribution is 2.20. The molecule has 3 rings (SSSR count). The Hall–Kier alpha value is -2.88. The van der Waals surface area contributed by atoms with Crippen molar-refractivity contribution in [3.63, 3.8) is 0 Å². The zero-order valence-corrected chi connectivity index (χ0v) is 14.9. The Kier molecular flexibility index (Phi) is 4.98. The van der Waals surface area contributed by atoms with Crippen LogP contribution >= 0.6 is 0 Å². The van der Waals surface area contributed by atoms with E-state index in [2.05, 4.69) is 30.3 Å². The van der Waals surface area contributed by atoms with Gasteiger partial charge in [-0.2, -0.15) is 5.10 Å². The van der Waals surface area contributed by atoms with Gasteiger partial charge in [0.25, 0.3) is 5.91 Å². The third-order valence-corrected chi connectivity index (χ3v) is 4.48. The normalized spacial score (nSPS) is 10.7. The predicted molar refractivity (Wildman–Crippen MR) is 101 cm³/mol. The van der Waals surface area contributed by atoms with Gasteiger partial charge < -0.3 is 5.32 Å². The Morgan fingerprint density at radius 2 is 1.76 bits per heavy atom. The van der Waals surface area contributed by atoms with E-state index in [1.807, 2.05) is 54.1 Å². The van der Waals surface area contributed by atoms with Gasteiger partial charge >= 0.3 is 0 Å². The van der Waals surface area contributed by atoms with Crippen LogP contribution in [0.15, 0.2) is 54.7 Å². The van der Waals surface area contributed by atoms with E-state index in [0.717, 1.165) is 29.9 Å². The van der Waals surface area contributed by atoms with E-state index in [9.17, 15) is 4.79 Å². The minimum Gasteiger partial charge on any atom is -0.322 e. The number of hydrogen-bond acceptors (Lipinski definition) is 2. The number of aromatic nitrogens is 2. The van der Waals surface area contributed by atoms with Gasteiger partial charge in [-0.25, -0.2) is 4.68 Å². The Balaban J connectivity index is 1.86. The largest absolute Gasteiger partial charge is 0.322 e. The summed E-state index contributed by atoms with van der Waals surface area (Å²) >= 11 is 0. The summed E-state index contributed by atoms with van der Waals surface area (Å²) in [6.45, 7) is 6.15. The number of aryl methyl sites for hydroxylation is 2. The van der Waals surface area contributed by atoms with Crippen molar-refractivity contribution in [1.82, 2.24) is 9.78 Å². The molecule has 0 aliphatic rings. The lowest BCUT2D eigenvalue weighted by Crippen LogP contribution is -2.13. The number of anilines is 1. The summed E-state index contributed by atoms with van der Waals surface area (Å²) < 4.78 is 1.84. The molecule has 0 radical (unpaired) electrons. The summed E-state index contributed by atoms with van der Waals surface area (Å²) in [5.41, 5.74) is 5.69. The van der Waals surface area contributed by atoms with Crippen LogP contribution in [0.25, 0.3) is 5.69 Å². The molecule has 25 heavy (non-hydrogen) atoms. The zero-order valence-electron chi connectivity index (χ0n) is 14.9. The van der Waals surface area contributed by atoms with E-state index in [4.69, 9.17) is 0 Å². The summed E-state index contributed by atoms with van der Waals surface area (Å²) in [4.78, 5) is 12.6. The van der Waals surface area contributed by atoms with Gasteiger partial charge in [0.1, 0.15) is 0 Å². The van der Waals surface area contributed by atoms with E-state index in [1.165, 1.54) is 11.1 Å². The van der Waals surface area contributed by atoms with Crippen LogP contribution in [0.3, 0.4) is 0 Å². The lowest BCUT2D eigenvalue weighted by Gasteiger charge is -2.10. The quantitative estimate of drug-likeness (QED) is 0.744. The highest BCUT2D eigenvalue weighted by molar-refractivity contribution is 6.05. The first kappa shape index (κ1) is 17.0. The maximum atomic E-state index is 12.6. The number of para-hydroxylation sites is 1. The topological polar surface area (TPSA) is 46.9 Å². The van der Waals surface area contributed by atoms with Crippen molar-refractivity contribution < 1.29 is 4.79 Å². The number of amides is 1. The first-order valence-corrected chi connectivity index (χ1v) is 8.67. The molecule has 2 aromatic carbocycles. The Bertz CT molecular complexity index is 878. The second-order valence-electron chi connectivity index (χ2n) is 6.04. The molecule has 128 valence electrons. The average molecular weight is 333 g/mol. The Morgan fingerprint density at radius 3 is 2.44 bits per heavy atom. The minimum atomic E-state index is -0.137. The SMILES string of the molecule is CCc1ccc(NC(=O)c2cnn(-c3ccccc3CC)c2C)cc1. The van der Waals surface area contributed by atoms with Crippen molar-refractivity contribution >= 4 is 11.6 Å². The van der Waals surface area contributed by atoms with Gasteiger partial charge in [-0.3, -0.25) is 4.79 Å². The van der Waals surface area contributed by atoms with E-state index >= 15 is 0 Å². The fourth-order valence-electron chi connectivity index (χ4n) is 2.91. The van der Waals surface area contributed by atoms with Crippen molar-refractivity contribution in [2.24, 2.45) is 0 Å². The smallest absolute Gasteiger partial charge is 0.259 e. The molecule has 0 saturated carbocycles. The molecule has 0 unspecified atom stereocenters. The average Bonchev–Trinajstić information content (AvgIpc) is 3.03. The molecule has 0 atom stereocenters. The van der Waals surface area contributed by atoms with Crippen LogP contribution in [0.5, 0.6) is 0 Å². The van der Waals surface area contributed by atoms with Gasteiger partial charge in [0, 0.05) is 5.69 Å². The number of rotatable bonds is 5. The van der Waals surface area contributed by atoms with Crippen LogP contribution in [0.4, 0.5) is 5.69 Å². The van der Waals surface area contributed by atoms with Gasteiger partial charge in [0.05, 0.1) is 23.1 Å². The molecule has 1 aromatic heterocycles. The standard InChI is InChI=1S/C21H23N3O/c1-4-16-10-12-18(13-11-16)23-21(25)19-14-22-24(15(19)3)20-9-7-6-8-17(20)5-2/h6-14H,4-5H2,1-3H3,(H,23,25). The molecular formula is C21H23N3O. The second kappa shape index (κ2) is 7.34. The van der Waals surface area contributed by atoms with Crippen molar-refractivity contribution in [1.29, 1.82) is 0 Å². The van der Waals surface area contributed by atoms with Gasteiger partial charge in [0.15, 0.2) is 0 Å². The van der Waals surface area contributed by atoms with Crippen molar-refractivity contribution in [3.8, 4) is 5.69 Å². The Morgan fingerprint density at radius 1 is 1.04 bits per heavy atom. The van der Waals surface area contributed by atoms with E-state index in [-0.39, 0.29) is 5.91 Å². The highest BCUT2D eigenvalue weighted by atomic mass is 16.1. The van der Waals surface area contributed by atoms with Gasteiger partial charge in [0.2, 0.25) is 0 Å². The molecule has 1 N–H and O–H groups in total. The summed E-state index contributed by atoms with van der Waals surface area (Å²) in [6, 6.07) is 16.1. The Labute approximate surface area is 148 Å². The van der Waals surface area contributed by atoms with Gasteiger partial charge in [-0.1, -0.05) is 44.2 Å². The lowest BCUT2D eigenvalue weighted by atomic mass is 10.1. The van der Waals surface area contributed by atoms with Crippen LogP contribution < -0.4 is 5.32 Å². The highest BCUT2D eigenvalue weighted by Gasteiger charge is 2.16. The zero-order chi connectivity index (χ0) is 17.8. The number of carbonyl (C=O) groups excluding carboxylic acids is 1. The molecule has 4 heteroatoms. The molecule has 4 nitrogen and oxygen atoms in total. The summed E-state index contributed by atoms with van der Waals surface area (Å²) in [6.07, 6.45) is 3.54. The predicted octanol–water partition coefficient (Wildman–Crippen LogP) is 4.56. The third kappa shape index (κ3) is 3.48. The molecule has 0 fully saturated rings. The van der Waals surface area contributed by atoms with Gasteiger partial charge in [-0.15, -0.1) is 0 Å². The molecule has 0 saturated heterocycles. The van der Waals surface area contributed by atoms with Crippen LogP contribution in [0.1, 0.15) is 41.0 Å². The first-order valence-electron chi connectivity index (χ1n) is 8.67. The van der Waals surface area contributed by atoms with E-state index in [0.29, 0.717) is 5.56 Å². The molecule has 1 amide bonds. The fourth-order valence-corrected chi connectivity index (χ4v) is 2.91. The molecule has 0 spiro atoms. The number of nitrogens with one attached hydrogen (secondary N) is 1. The molecular weight excluding hydrogens is 310 g/mol. The lowest BCUT2D eigenvalue weighted by molar-refractivity contribution is 0.102. The molecule has 1 heterocycles. The van der Waals surface area contributed by atoms with E-state index in [1.54, 1.807) is 6.20 Å². The number of carbonyl (C=O) groups is 1. The van der Waals surface area contributed by atoms with Crippen molar-refractivity contribution in [2.45, 2.75) is 33.6 Å². The second-order valence-corrected chi connectivity index (χ2v) is 6.04. The molecule has 0 bridgehead atoms. The number of benzene rings is 2. The maximum absolute atomic E-state index is 12.6. The molecule has 0 aliphatic carbocycles. The van der Waals surface area contributed by atoms with Crippen LogP contribution in [-0.4, -0.2) is 15.7 Å². The molecule has 3 aromatic rings. The van der Waals surface area contributed by atoms with E-state index < -0.39 is 0 Å². The first-order chi connectivity index (χ1) is 12.1. The maximum Gasteiger partial charge on any atom is 0.259 e. The summed E-state index contributed by atoms with van der Waals surface area (Å²) in [7, 11) is 0. The third-order valence-electron chi connectivity index (χ3n) is 4.48. The fraction of sp³-hybridized carbons (Fsp3) is 0.238. The van der Waals surface area contributed by atoms with Crippen molar-refractivity contribution in [2.75, 3.05) is 5.32 Å². The summed E-state index contributed by atoms with van der Waals surface area (Å²) in [5, 5.41) is 7.39. The number of nitrogens with zero attached hydrogens (tertiary/aromatic N) is 2. The number of hydrogen-bond donors (Lipinski definition) is 1. The monoisotopic (exact) mass is 333 g/mol. The molecule has 0 aliphatic heterocycles. The van der Waals surface area contributed by atoms with Crippen LogP contribution in [0.2, 0.25) is 0 Å². The summed E-state index contributed by atoms with van der Waals surface area (Å²) in [5.74, 6) is -0.137. The van der Waals surface area contributed by atoms with Crippen molar-refractivity contribution in [3.05, 3.63) is 77.1 Å².